The second-order valence-electron chi connectivity index (χ2n) is 3.51. The third-order valence-electron chi connectivity index (χ3n) is 2.38. The van der Waals surface area contributed by atoms with Crippen LogP contribution in [0.2, 0.25) is 0 Å². The molecule has 90 valence electrons. The van der Waals surface area contributed by atoms with Crippen LogP contribution in [0.5, 0.6) is 5.75 Å². The number of carbonyl (C=O) groups excluding carboxylic acids is 1. The fourth-order valence-electron chi connectivity index (χ4n) is 1.58. The number of nitrogens with zero attached hydrogens (tertiary/aromatic N) is 2. The zero-order valence-electron chi connectivity index (χ0n) is 9.84. The highest BCUT2D eigenvalue weighted by Gasteiger charge is 2.26. The number of anilines is 1. The van der Waals surface area contributed by atoms with Gasteiger partial charge in [-0.05, 0) is 31.2 Å². The second kappa shape index (κ2) is 4.86. The van der Waals surface area contributed by atoms with E-state index in [-0.39, 0.29) is 12.3 Å². The Morgan fingerprint density at radius 2 is 2.06 bits per heavy atom. The number of carbonyl (C=O) groups is 1. The standard InChI is InChI=1S/C12H14N2O3/c1-3-17-11-8-12(15)14(13-11)9-4-6-10(16-2)7-5-9/h4-7H,3,8H2,1-2H3. The van der Waals surface area contributed by atoms with Gasteiger partial charge >= 0.3 is 0 Å². The number of ether oxygens (including phenoxy) is 2. The van der Waals surface area contributed by atoms with Gasteiger partial charge in [0.1, 0.15) is 12.2 Å². The lowest BCUT2D eigenvalue weighted by molar-refractivity contribution is -0.117. The number of hydrazone groups is 1. The zero-order chi connectivity index (χ0) is 12.3. The minimum atomic E-state index is -0.0846. The Kier molecular flexibility index (Phi) is 3.27. The molecule has 1 aliphatic rings. The molecule has 1 aliphatic heterocycles. The van der Waals surface area contributed by atoms with Crippen LogP contribution >= 0.6 is 0 Å². The van der Waals surface area contributed by atoms with Gasteiger partial charge in [0.25, 0.3) is 5.91 Å². The van der Waals surface area contributed by atoms with E-state index in [0.29, 0.717) is 18.2 Å². The van der Waals surface area contributed by atoms with Crippen molar-refractivity contribution in [3.05, 3.63) is 24.3 Å². The number of hydrogen-bond donors (Lipinski definition) is 0. The third kappa shape index (κ3) is 2.38. The number of rotatable bonds is 3. The minimum absolute atomic E-state index is 0.0846. The van der Waals surface area contributed by atoms with Crippen molar-refractivity contribution >= 4 is 17.5 Å². The highest BCUT2D eigenvalue weighted by molar-refractivity contribution is 6.10. The summed E-state index contributed by atoms with van der Waals surface area (Å²) in [6.07, 6.45) is 0.222. The summed E-state index contributed by atoms with van der Waals surface area (Å²) in [6, 6.07) is 7.15. The summed E-state index contributed by atoms with van der Waals surface area (Å²) >= 11 is 0. The Morgan fingerprint density at radius 3 is 2.65 bits per heavy atom. The maximum Gasteiger partial charge on any atom is 0.256 e. The van der Waals surface area contributed by atoms with E-state index in [0.717, 1.165) is 5.75 Å². The summed E-state index contributed by atoms with van der Waals surface area (Å²) in [5.74, 6) is 1.13. The van der Waals surface area contributed by atoms with Crippen molar-refractivity contribution in [2.45, 2.75) is 13.3 Å². The summed E-state index contributed by atoms with van der Waals surface area (Å²) in [5, 5.41) is 5.47. The smallest absolute Gasteiger partial charge is 0.256 e. The number of amides is 1. The molecule has 5 heteroatoms. The number of hydrogen-bond acceptors (Lipinski definition) is 4. The fraction of sp³-hybridized carbons (Fsp3) is 0.333. The first-order valence-corrected chi connectivity index (χ1v) is 5.42. The molecule has 1 heterocycles. The molecule has 0 saturated heterocycles. The molecule has 0 bridgehead atoms. The van der Waals surface area contributed by atoms with Crippen molar-refractivity contribution < 1.29 is 14.3 Å². The Hall–Kier alpha value is -2.04. The highest BCUT2D eigenvalue weighted by Crippen LogP contribution is 2.23. The van der Waals surface area contributed by atoms with Crippen molar-refractivity contribution in [3.63, 3.8) is 0 Å². The summed E-state index contributed by atoms with van der Waals surface area (Å²) in [6.45, 7) is 2.38. The lowest BCUT2D eigenvalue weighted by Crippen LogP contribution is -2.19. The van der Waals surface area contributed by atoms with E-state index in [4.69, 9.17) is 9.47 Å². The molecule has 0 radical (unpaired) electrons. The molecule has 0 N–H and O–H groups in total. The quantitative estimate of drug-likeness (QED) is 0.801. The molecule has 17 heavy (non-hydrogen) atoms. The van der Waals surface area contributed by atoms with Crippen LogP contribution in [0, 0.1) is 0 Å². The van der Waals surface area contributed by atoms with Crippen LogP contribution in [-0.4, -0.2) is 25.5 Å². The summed E-state index contributed by atoms with van der Waals surface area (Å²) in [7, 11) is 1.60. The Labute approximate surface area is 99.6 Å². The van der Waals surface area contributed by atoms with Gasteiger partial charge in [-0.2, -0.15) is 5.01 Å². The lowest BCUT2D eigenvalue weighted by Gasteiger charge is -2.11. The molecule has 0 unspecified atom stereocenters. The fourth-order valence-corrected chi connectivity index (χ4v) is 1.58. The van der Waals surface area contributed by atoms with Crippen LogP contribution in [0.15, 0.2) is 29.4 Å². The molecule has 2 rings (SSSR count). The Balaban J connectivity index is 2.18. The van der Waals surface area contributed by atoms with Crippen LogP contribution in [0.4, 0.5) is 5.69 Å². The van der Waals surface area contributed by atoms with Gasteiger partial charge in [-0.1, -0.05) is 0 Å². The van der Waals surface area contributed by atoms with E-state index < -0.39 is 0 Å². The summed E-state index contributed by atoms with van der Waals surface area (Å²) < 4.78 is 10.3. The zero-order valence-corrected chi connectivity index (χ0v) is 9.84. The monoisotopic (exact) mass is 234 g/mol. The van der Waals surface area contributed by atoms with Gasteiger partial charge in [-0.25, -0.2) is 0 Å². The van der Waals surface area contributed by atoms with Crippen LogP contribution < -0.4 is 9.75 Å². The molecule has 0 atom stereocenters. The molecule has 1 amide bonds. The van der Waals surface area contributed by atoms with E-state index >= 15 is 0 Å². The van der Waals surface area contributed by atoms with Gasteiger partial charge in [0, 0.05) is 0 Å². The van der Waals surface area contributed by atoms with Gasteiger partial charge in [0.05, 0.1) is 19.4 Å². The van der Waals surface area contributed by atoms with E-state index in [1.165, 1.54) is 5.01 Å². The molecular formula is C12H14N2O3. The van der Waals surface area contributed by atoms with E-state index in [1.54, 1.807) is 31.4 Å². The molecule has 0 aliphatic carbocycles. The predicted molar refractivity (Wildman–Crippen MR) is 64.2 cm³/mol. The molecule has 1 aromatic carbocycles. The topological polar surface area (TPSA) is 51.1 Å². The van der Waals surface area contributed by atoms with Gasteiger partial charge in [0.15, 0.2) is 0 Å². The largest absolute Gasteiger partial charge is 0.497 e. The second-order valence-corrected chi connectivity index (χ2v) is 3.51. The van der Waals surface area contributed by atoms with Gasteiger partial charge < -0.3 is 9.47 Å². The van der Waals surface area contributed by atoms with Crippen LogP contribution in [-0.2, 0) is 9.53 Å². The van der Waals surface area contributed by atoms with E-state index in [1.807, 2.05) is 6.92 Å². The minimum Gasteiger partial charge on any atom is -0.497 e. The van der Waals surface area contributed by atoms with Crippen molar-refractivity contribution in [1.29, 1.82) is 0 Å². The maximum absolute atomic E-state index is 11.7. The van der Waals surface area contributed by atoms with Crippen molar-refractivity contribution in [2.75, 3.05) is 18.7 Å². The average molecular weight is 234 g/mol. The molecule has 0 fully saturated rings. The Morgan fingerprint density at radius 1 is 1.35 bits per heavy atom. The molecule has 0 aromatic heterocycles. The first-order chi connectivity index (χ1) is 8.24. The third-order valence-corrected chi connectivity index (χ3v) is 2.38. The Bertz CT molecular complexity index is 440. The summed E-state index contributed by atoms with van der Waals surface area (Å²) in [5.41, 5.74) is 0.713. The molecule has 0 saturated carbocycles. The first-order valence-electron chi connectivity index (χ1n) is 5.42. The summed E-state index contributed by atoms with van der Waals surface area (Å²) in [4.78, 5) is 11.7. The van der Waals surface area contributed by atoms with Crippen LogP contribution in [0.3, 0.4) is 0 Å². The average Bonchev–Trinajstić information content (AvgIpc) is 2.71. The van der Waals surface area contributed by atoms with Crippen LogP contribution in [0.1, 0.15) is 13.3 Å². The van der Waals surface area contributed by atoms with Crippen molar-refractivity contribution in [1.82, 2.24) is 0 Å². The van der Waals surface area contributed by atoms with Gasteiger partial charge in [-0.3, -0.25) is 4.79 Å². The normalized spacial score (nSPS) is 14.8. The van der Waals surface area contributed by atoms with E-state index in [2.05, 4.69) is 5.10 Å². The SMILES string of the molecule is CCOC1=NN(c2ccc(OC)cc2)C(=O)C1. The number of benzene rings is 1. The van der Waals surface area contributed by atoms with Gasteiger partial charge in [0.2, 0.25) is 5.90 Å². The maximum atomic E-state index is 11.7. The molecule has 5 nitrogen and oxygen atoms in total. The van der Waals surface area contributed by atoms with E-state index in [9.17, 15) is 4.79 Å². The lowest BCUT2D eigenvalue weighted by atomic mass is 10.3. The van der Waals surface area contributed by atoms with Crippen LogP contribution in [0.25, 0.3) is 0 Å². The first kappa shape index (κ1) is 11.4. The van der Waals surface area contributed by atoms with Crippen molar-refractivity contribution in [2.24, 2.45) is 5.10 Å². The molecule has 0 spiro atoms. The molecular weight excluding hydrogens is 220 g/mol. The highest BCUT2D eigenvalue weighted by atomic mass is 16.5. The van der Waals surface area contributed by atoms with Crippen molar-refractivity contribution in [3.8, 4) is 5.75 Å². The predicted octanol–water partition coefficient (Wildman–Crippen LogP) is 1.78. The number of methoxy groups -OCH3 is 1. The van der Waals surface area contributed by atoms with Gasteiger partial charge in [-0.15, -0.1) is 5.10 Å². The molecule has 1 aromatic rings.